The first-order chi connectivity index (χ1) is 18.6. The second-order valence-corrected chi connectivity index (χ2v) is 10.7. The van der Waals surface area contributed by atoms with E-state index >= 15 is 0 Å². The number of nitrogens with one attached hydrogen (secondary N) is 1. The van der Waals surface area contributed by atoms with Gasteiger partial charge in [-0.1, -0.05) is 23.9 Å². The van der Waals surface area contributed by atoms with Crippen LogP contribution in [-0.4, -0.2) is 51.0 Å². The number of carbonyl (C=O) groups excluding carboxylic acids is 1. The zero-order valence-electron chi connectivity index (χ0n) is 21.3. The summed E-state index contributed by atoms with van der Waals surface area (Å²) in [6.07, 6.45) is 0. The highest BCUT2D eigenvalue weighted by Crippen LogP contribution is 2.38. The monoisotopic (exact) mass is 570 g/mol. The fourth-order valence-electron chi connectivity index (χ4n) is 3.86. The highest BCUT2D eigenvalue weighted by molar-refractivity contribution is 7.99. The number of hydrogen-bond acceptors (Lipinski definition) is 9. The van der Waals surface area contributed by atoms with Crippen molar-refractivity contribution in [1.82, 2.24) is 9.55 Å². The Kier molecular flexibility index (Phi) is 8.43. The van der Waals surface area contributed by atoms with E-state index in [4.69, 9.17) is 19.3 Å². The SMILES string of the molecule is COc1cc(Cn2c(SCC(=O)Nc3ccc(S(N)(=O)=O)cc3)nc3ccccc3c2=O)cc(OC)c1OC. The lowest BCUT2D eigenvalue weighted by atomic mass is 10.1. The molecule has 11 nitrogen and oxygen atoms in total. The standard InChI is InChI=1S/C26H26N4O7S2/c1-35-21-12-16(13-22(36-2)24(21)37-3)14-30-25(32)19-6-4-5-7-20(19)29-26(30)38-15-23(31)28-17-8-10-18(11-9-17)39(27,33)34/h4-13H,14-15H2,1-3H3,(H,28,31)(H2,27,33,34). The molecule has 0 aliphatic carbocycles. The van der Waals surface area contributed by atoms with Crippen molar-refractivity contribution in [3.8, 4) is 17.2 Å². The number of hydrogen-bond donors (Lipinski definition) is 2. The van der Waals surface area contributed by atoms with E-state index < -0.39 is 10.0 Å². The summed E-state index contributed by atoms with van der Waals surface area (Å²) in [5.74, 6) is 0.879. The van der Waals surface area contributed by atoms with E-state index in [1.807, 2.05) is 0 Å². The van der Waals surface area contributed by atoms with Crippen LogP contribution in [-0.2, 0) is 21.4 Å². The maximum absolute atomic E-state index is 13.5. The number of primary sulfonamides is 1. The molecule has 0 aliphatic heterocycles. The molecule has 204 valence electrons. The summed E-state index contributed by atoms with van der Waals surface area (Å²) < 4.78 is 40.7. The maximum Gasteiger partial charge on any atom is 0.262 e. The van der Waals surface area contributed by atoms with Crippen LogP contribution in [0.1, 0.15) is 5.56 Å². The van der Waals surface area contributed by atoms with Crippen LogP contribution in [0.4, 0.5) is 5.69 Å². The Balaban J connectivity index is 1.63. The molecule has 3 N–H and O–H groups in total. The Morgan fingerprint density at radius 2 is 1.64 bits per heavy atom. The third kappa shape index (κ3) is 6.33. The van der Waals surface area contributed by atoms with Gasteiger partial charge in [0.1, 0.15) is 0 Å². The molecule has 39 heavy (non-hydrogen) atoms. The zero-order valence-corrected chi connectivity index (χ0v) is 23.0. The van der Waals surface area contributed by atoms with Crippen LogP contribution in [0.25, 0.3) is 10.9 Å². The van der Waals surface area contributed by atoms with E-state index in [0.717, 1.165) is 11.8 Å². The minimum Gasteiger partial charge on any atom is -0.493 e. The van der Waals surface area contributed by atoms with Crippen LogP contribution in [0.15, 0.2) is 75.5 Å². The van der Waals surface area contributed by atoms with E-state index in [9.17, 15) is 18.0 Å². The van der Waals surface area contributed by atoms with Crippen LogP contribution in [0.5, 0.6) is 17.2 Å². The number of ether oxygens (including phenoxy) is 3. The van der Waals surface area contributed by atoms with E-state index in [1.54, 1.807) is 36.4 Å². The highest BCUT2D eigenvalue weighted by Gasteiger charge is 2.18. The normalized spacial score (nSPS) is 11.3. The molecule has 0 bridgehead atoms. The van der Waals surface area contributed by atoms with Gasteiger partial charge < -0.3 is 19.5 Å². The summed E-state index contributed by atoms with van der Waals surface area (Å²) >= 11 is 1.09. The van der Waals surface area contributed by atoms with Crippen LogP contribution in [0, 0.1) is 0 Å². The van der Waals surface area contributed by atoms with Gasteiger partial charge in [0.05, 0.1) is 49.4 Å². The summed E-state index contributed by atoms with van der Waals surface area (Å²) in [6, 6.07) is 16.0. The quantitative estimate of drug-likeness (QED) is 0.217. The molecule has 0 spiro atoms. The molecular formula is C26H26N4O7S2. The van der Waals surface area contributed by atoms with Crippen molar-refractivity contribution in [3.05, 3.63) is 76.6 Å². The number of nitrogens with zero attached hydrogens (tertiary/aromatic N) is 2. The predicted octanol–water partition coefficient (Wildman–Crippen LogP) is 2.85. The molecule has 4 aromatic rings. The first kappa shape index (κ1) is 28.0. The number of sulfonamides is 1. The van der Waals surface area contributed by atoms with Gasteiger partial charge in [0.15, 0.2) is 16.7 Å². The molecule has 1 amide bonds. The summed E-state index contributed by atoms with van der Waals surface area (Å²) in [5.41, 5.74) is 1.33. The van der Waals surface area contributed by atoms with Gasteiger partial charge in [-0.25, -0.2) is 18.5 Å². The molecule has 0 aliphatic rings. The summed E-state index contributed by atoms with van der Waals surface area (Å²) in [7, 11) is 0.680. The number of benzene rings is 3. The molecule has 0 atom stereocenters. The van der Waals surface area contributed by atoms with Crippen LogP contribution < -0.4 is 30.2 Å². The van der Waals surface area contributed by atoms with E-state index in [0.29, 0.717) is 44.6 Å². The molecule has 1 heterocycles. The van der Waals surface area contributed by atoms with Crippen LogP contribution in [0.3, 0.4) is 0 Å². The third-order valence-corrected chi connectivity index (χ3v) is 7.60. The Morgan fingerprint density at radius 3 is 2.23 bits per heavy atom. The van der Waals surface area contributed by atoms with Crippen LogP contribution >= 0.6 is 11.8 Å². The minimum absolute atomic E-state index is 0.0586. The minimum atomic E-state index is -3.84. The smallest absolute Gasteiger partial charge is 0.262 e. The molecule has 0 saturated heterocycles. The second-order valence-electron chi connectivity index (χ2n) is 8.24. The second kappa shape index (κ2) is 11.8. The number of carbonyl (C=O) groups is 1. The Hall–Kier alpha value is -4.07. The average molecular weight is 571 g/mol. The lowest BCUT2D eigenvalue weighted by Gasteiger charge is -2.16. The van der Waals surface area contributed by atoms with E-state index in [1.165, 1.54) is 50.2 Å². The van der Waals surface area contributed by atoms with Crippen molar-refractivity contribution in [3.63, 3.8) is 0 Å². The summed E-state index contributed by atoms with van der Waals surface area (Å²) in [4.78, 5) is 30.8. The fourth-order valence-corrected chi connectivity index (χ4v) is 5.18. The first-order valence-corrected chi connectivity index (χ1v) is 14.0. The van der Waals surface area contributed by atoms with Crippen molar-refractivity contribution in [2.45, 2.75) is 16.6 Å². The van der Waals surface area contributed by atoms with Gasteiger partial charge >= 0.3 is 0 Å². The Bertz CT molecular complexity index is 1660. The molecule has 0 radical (unpaired) electrons. The van der Waals surface area contributed by atoms with Gasteiger partial charge in [-0.3, -0.25) is 14.2 Å². The zero-order chi connectivity index (χ0) is 28.2. The number of amides is 1. The van der Waals surface area contributed by atoms with Crippen molar-refractivity contribution in [1.29, 1.82) is 0 Å². The Morgan fingerprint density at radius 1 is 1.00 bits per heavy atom. The van der Waals surface area contributed by atoms with Crippen molar-refractivity contribution >= 4 is 44.3 Å². The molecule has 0 unspecified atom stereocenters. The molecule has 0 fully saturated rings. The maximum atomic E-state index is 13.5. The average Bonchev–Trinajstić information content (AvgIpc) is 2.92. The van der Waals surface area contributed by atoms with Crippen molar-refractivity contribution < 1.29 is 27.4 Å². The van der Waals surface area contributed by atoms with Crippen molar-refractivity contribution in [2.75, 3.05) is 32.4 Å². The number of para-hydroxylation sites is 1. The highest BCUT2D eigenvalue weighted by atomic mass is 32.2. The molecule has 0 saturated carbocycles. The molecule has 3 aromatic carbocycles. The number of rotatable bonds is 10. The van der Waals surface area contributed by atoms with E-state index in [-0.39, 0.29) is 28.7 Å². The number of methoxy groups -OCH3 is 3. The van der Waals surface area contributed by atoms with Gasteiger partial charge in [0, 0.05) is 5.69 Å². The van der Waals surface area contributed by atoms with Crippen LogP contribution in [0.2, 0.25) is 0 Å². The summed E-state index contributed by atoms with van der Waals surface area (Å²) in [6.45, 7) is 0.131. The van der Waals surface area contributed by atoms with Crippen molar-refractivity contribution in [2.24, 2.45) is 5.14 Å². The first-order valence-electron chi connectivity index (χ1n) is 11.5. The Labute approximate surface area is 229 Å². The third-order valence-electron chi connectivity index (χ3n) is 5.69. The molecular weight excluding hydrogens is 544 g/mol. The van der Waals surface area contributed by atoms with Gasteiger partial charge in [-0.2, -0.15) is 0 Å². The lowest BCUT2D eigenvalue weighted by Crippen LogP contribution is -2.25. The number of thioether (sulfide) groups is 1. The lowest BCUT2D eigenvalue weighted by molar-refractivity contribution is -0.113. The van der Waals surface area contributed by atoms with Gasteiger partial charge in [-0.05, 0) is 54.1 Å². The largest absolute Gasteiger partial charge is 0.493 e. The fraction of sp³-hybridized carbons (Fsp3) is 0.192. The topological polar surface area (TPSA) is 152 Å². The number of fused-ring (bicyclic) bond motifs is 1. The molecule has 1 aromatic heterocycles. The predicted molar refractivity (Wildman–Crippen MR) is 148 cm³/mol. The van der Waals surface area contributed by atoms with E-state index in [2.05, 4.69) is 10.3 Å². The summed E-state index contributed by atoms with van der Waals surface area (Å²) in [5, 5.41) is 8.59. The van der Waals surface area contributed by atoms with Gasteiger partial charge in [0.2, 0.25) is 21.7 Å². The molecule has 4 rings (SSSR count). The molecule has 13 heteroatoms. The van der Waals surface area contributed by atoms with Gasteiger partial charge in [0.25, 0.3) is 5.56 Å². The number of anilines is 1. The van der Waals surface area contributed by atoms with Gasteiger partial charge in [-0.15, -0.1) is 0 Å². The number of aromatic nitrogens is 2. The number of nitrogens with two attached hydrogens (primary N) is 1.